The van der Waals surface area contributed by atoms with E-state index in [1.54, 1.807) is 0 Å². The maximum Gasteiger partial charge on any atom is 0.0128 e. The number of likely N-dealkylation sites (tertiary alicyclic amines) is 1. The molecule has 2 rings (SSSR count). The van der Waals surface area contributed by atoms with Crippen molar-refractivity contribution in [1.82, 2.24) is 4.90 Å². The molecule has 1 heteroatoms. The second-order valence-corrected chi connectivity index (χ2v) is 6.62. The summed E-state index contributed by atoms with van der Waals surface area (Å²) in [5, 5.41) is 0. The molecule has 2 aliphatic rings. The number of rotatable bonds is 1. The highest BCUT2D eigenvalue weighted by molar-refractivity contribution is 5.01. The lowest BCUT2D eigenvalue weighted by atomic mass is 9.84. The predicted octanol–water partition coefficient (Wildman–Crippen LogP) is 3.15. The molecule has 2 bridgehead atoms. The van der Waals surface area contributed by atoms with E-state index in [-0.39, 0.29) is 0 Å². The molecular weight excluding hydrogens is 170 g/mol. The van der Waals surface area contributed by atoms with E-state index in [1.165, 1.54) is 19.4 Å². The normalized spacial score (nSPS) is 38.6. The van der Waals surface area contributed by atoms with E-state index in [1.807, 2.05) is 0 Å². The van der Waals surface area contributed by atoms with Crippen LogP contribution in [0.5, 0.6) is 0 Å². The molecule has 0 spiro atoms. The zero-order chi connectivity index (χ0) is 10.5. The third kappa shape index (κ3) is 1.60. The largest absolute Gasteiger partial charge is 0.295 e. The van der Waals surface area contributed by atoms with Gasteiger partial charge in [-0.2, -0.15) is 0 Å². The monoisotopic (exact) mass is 195 g/mol. The van der Waals surface area contributed by atoms with Crippen LogP contribution in [-0.4, -0.2) is 23.0 Å². The lowest BCUT2D eigenvalue weighted by molar-refractivity contribution is 0.0669. The molecule has 0 radical (unpaired) electrons. The lowest BCUT2D eigenvalue weighted by Crippen LogP contribution is -2.48. The van der Waals surface area contributed by atoms with Gasteiger partial charge in [0.2, 0.25) is 0 Å². The minimum atomic E-state index is 0.390. The van der Waals surface area contributed by atoms with Gasteiger partial charge in [0.1, 0.15) is 0 Å². The van der Waals surface area contributed by atoms with Crippen LogP contribution in [0.1, 0.15) is 47.5 Å². The van der Waals surface area contributed by atoms with Crippen LogP contribution in [0.4, 0.5) is 0 Å². The minimum Gasteiger partial charge on any atom is -0.295 e. The summed E-state index contributed by atoms with van der Waals surface area (Å²) >= 11 is 0. The van der Waals surface area contributed by atoms with Gasteiger partial charge >= 0.3 is 0 Å². The van der Waals surface area contributed by atoms with Crippen molar-refractivity contribution >= 4 is 0 Å². The molecule has 1 heterocycles. The van der Waals surface area contributed by atoms with E-state index in [0.29, 0.717) is 5.54 Å². The molecule has 1 saturated carbocycles. The first-order chi connectivity index (χ1) is 6.39. The van der Waals surface area contributed by atoms with Crippen molar-refractivity contribution in [3.8, 4) is 0 Å². The van der Waals surface area contributed by atoms with Crippen molar-refractivity contribution in [2.75, 3.05) is 6.54 Å². The summed E-state index contributed by atoms with van der Waals surface area (Å²) in [6.45, 7) is 13.2. The smallest absolute Gasteiger partial charge is 0.0128 e. The fourth-order valence-corrected chi connectivity index (χ4v) is 3.63. The molecule has 3 atom stereocenters. The average Bonchev–Trinajstić information content (AvgIpc) is 2.58. The van der Waals surface area contributed by atoms with Crippen LogP contribution >= 0.6 is 0 Å². The Morgan fingerprint density at radius 2 is 1.79 bits per heavy atom. The van der Waals surface area contributed by atoms with Crippen LogP contribution in [0, 0.1) is 17.8 Å². The van der Waals surface area contributed by atoms with Gasteiger partial charge in [0, 0.05) is 18.1 Å². The Bertz CT molecular complexity index is 214. The topological polar surface area (TPSA) is 3.24 Å². The molecule has 82 valence electrons. The molecule has 0 aromatic carbocycles. The SMILES string of the molecule is CC(C)C1CC2CC1CN2C(C)(C)C. The number of nitrogens with zero attached hydrogens (tertiary/aromatic N) is 1. The van der Waals surface area contributed by atoms with Crippen molar-refractivity contribution in [1.29, 1.82) is 0 Å². The van der Waals surface area contributed by atoms with Gasteiger partial charge in [0.25, 0.3) is 0 Å². The summed E-state index contributed by atoms with van der Waals surface area (Å²) in [5.41, 5.74) is 0.390. The molecule has 14 heavy (non-hydrogen) atoms. The molecule has 0 N–H and O–H groups in total. The van der Waals surface area contributed by atoms with Crippen molar-refractivity contribution in [2.24, 2.45) is 17.8 Å². The van der Waals surface area contributed by atoms with Crippen LogP contribution in [0.25, 0.3) is 0 Å². The van der Waals surface area contributed by atoms with E-state index in [9.17, 15) is 0 Å². The summed E-state index contributed by atoms with van der Waals surface area (Å²) < 4.78 is 0. The first kappa shape index (κ1) is 10.5. The number of hydrogen-bond donors (Lipinski definition) is 0. The molecule has 0 amide bonds. The lowest BCUT2D eigenvalue weighted by Gasteiger charge is -2.41. The van der Waals surface area contributed by atoms with Gasteiger partial charge in [-0.05, 0) is 51.4 Å². The summed E-state index contributed by atoms with van der Waals surface area (Å²) in [4.78, 5) is 2.73. The Hall–Kier alpha value is -0.0400. The summed E-state index contributed by atoms with van der Waals surface area (Å²) in [6, 6.07) is 0.896. The minimum absolute atomic E-state index is 0.390. The van der Waals surface area contributed by atoms with Crippen molar-refractivity contribution in [2.45, 2.75) is 59.0 Å². The van der Waals surface area contributed by atoms with Crippen LogP contribution in [-0.2, 0) is 0 Å². The first-order valence-corrected chi connectivity index (χ1v) is 6.16. The van der Waals surface area contributed by atoms with Gasteiger partial charge < -0.3 is 0 Å². The standard InChI is InChI=1S/C13H25N/c1-9(2)12-7-11-6-10(12)8-14(11)13(3,4)5/h9-12H,6-8H2,1-5H3. The highest BCUT2D eigenvalue weighted by Crippen LogP contribution is 2.47. The predicted molar refractivity (Wildman–Crippen MR) is 61.3 cm³/mol. The van der Waals surface area contributed by atoms with Crippen molar-refractivity contribution in [3.63, 3.8) is 0 Å². The van der Waals surface area contributed by atoms with Gasteiger partial charge in [-0.15, -0.1) is 0 Å². The third-order valence-corrected chi connectivity index (χ3v) is 4.31. The molecule has 0 aromatic heterocycles. The fraction of sp³-hybridized carbons (Fsp3) is 1.00. The Balaban J connectivity index is 2.03. The molecule has 3 unspecified atom stereocenters. The van der Waals surface area contributed by atoms with E-state index >= 15 is 0 Å². The van der Waals surface area contributed by atoms with Crippen LogP contribution in [0.3, 0.4) is 0 Å². The number of fused-ring (bicyclic) bond motifs is 2. The Morgan fingerprint density at radius 3 is 2.14 bits per heavy atom. The maximum absolute atomic E-state index is 2.73. The van der Waals surface area contributed by atoms with Gasteiger partial charge in [-0.25, -0.2) is 0 Å². The molecular formula is C13H25N. The van der Waals surface area contributed by atoms with Gasteiger partial charge in [0.05, 0.1) is 0 Å². The van der Waals surface area contributed by atoms with Crippen LogP contribution in [0.2, 0.25) is 0 Å². The van der Waals surface area contributed by atoms with E-state index < -0.39 is 0 Å². The second kappa shape index (κ2) is 3.23. The van der Waals surface area contributed by atoms with E-state index in [0.717, 1.165) is 23.8 Å². The zero-order valence-electron chi connectivity index (χ0n) is 10.4. The number of hydrogen-bond acceptors (Lipinski definition) is 1. The second-order valence-electron chi connectivity index (χ2n) is 6.62. The molecule has 1 aliphatic carbocycles. The quantitative estimate of drug-likeness (QED) is 0.621. The zero-order valence-corrected chi connectivity index (χ0v) is 10.4. The third-order valence-electron chi connectivity index (χ3n) is 4.31. The summed E-state index contributed by atoms with van der Waals surface area (Å²) in [7, 11) is 0. The molecule has 1 nitrogen and oxygen atoms in total. The Morgan fingerprint density at radius 1 is 1.14 bits per heavy atom. The van der Waals surface area contributed by atoms with Gasteiger partial charge in [-0.1, -0.05) is 13.8 Å². The molecule has 2 fully saturated rings. The first-order valence-electron chi connectivity index (χ1n) is 6.16. The Kier molecular flexibility index (Phi) is 2.42. The molecule has 1 saturated heterocycles. The average molecular weight is 195 g/mol. The van der Waals surface area contributed by atoms with E-state index in [2.05, 4.69) is 39.5 Å². The summed E-state index contributed by atoms with van der Waals surface area (Å²) in [6.07, 6.45) is 2.93. The van der Waals surface area contributed by atoms with Crippen molar-refractivity contribution in [3.05, 3.63) is 0 Å². The number of piperidine rings is 1. The van der Waals surface area contributed by atoms with E-state index in [4.69, 9.17) is 0 Å². The van der Waals surface area contributed by atoms with Crippen LogP contribution in [0.15, 0.2) is 0 Å². The van der Waals surface area contributed by atoms with Crippen molar-refractivity contribution < 1.29 is 0 Å². The summed E-state index contributed by atoms with van der Waals surface area (Å²) in [5.74, 6) is 2.91. The highest BCUT2D eigenvalue weighted by Gasteiger charge is 2.48. The molecule has 1 aliphatic heterocycles. The molecule has 0 aromatic rings. The fourth-order valence-electron chi connectivity index (χ4n) is 3.63. The van der Waals surface area contributed by atoms with Gasteiger partial charge in [0.15, 0.2) is 0 Å². The van der Waals surface area contributed by atoms with Gasteiger partial charge in [-0.3, -0.25) is 4.90 Å². The Labute approximate surface area is 88.9 Å². The maximum atomic E-state index is 2.73. The highest BCUT2D eigenvalue weighted by atomic mass is 15.2. The van der Waals surface area contributed by atoms with Crippen LogP contribution < -0.4 is 0 Å².